The van der Waals surface area contributed by atoms with Crippen LogP contribution in [0.3, 0.4) is 0 Å². The van der Waals surface area contributed by atoms with Crippen LogP contribution in [0.25, 0.3) is 10.9 Å². The lowest BCUT2D eigenvalue weighted by atomic mass is 10.0. The average molecular weight is 386 g/mol. The van der Waals surface area contributed by atoms with Crippen molar-refractivity contribution in [1.29, 1.82) is 0 Å². The SMILES string of the molecule is Cc1[nH]c2ccc(CNC(=O)[C@@H]3C[C@H]3c3ccccc3C(F)(F)F)cc2c1C. The van der Waals surface area contributed by atoms with E-state index in [1.807, 2.05) is 32.0 Å². The summed E-state index contributed by atoms with van der Waals surface area (Å²) in [6.07, 6.45) is -3.95. The van der Waals surface area contributed by atoms with Crippen LogP contribution in [0.1, 0.15) is 40.3 Å². The first-order valence-electron chi connectivity index (χ1n) is 9.27. The number of benzene rings is 2. The smallest absolute Gasteiger partial charge is 0.358 e. The second-order valence-electron chi connectivity index (χ2n) is 7.51. The fourth-order valence-corrected chi connectivity index (χ4v) is 3.85. The van der Waals surface area contributed by atoms with Crippen LogP contribution in [0.15, 0.2) is 42.5 Å². The maximum atomic E-state index is 13.2. The Morgan fingerprint density at radius 2 is 1.93 bits per heavy atom. The maximum Gasteiger partial charge on any atom is 0.416 e. The van der Waals surface area contributed by atoms with Gasteiger partial charge in [-0.3, -0.25) is 4.79 Å². The maximum absolute atomic E-state index is 13.2. The van der Waals surface area contributed by atoms with Crippen molar-refractivity contribution in [2.24, 2.45) is 5.92 Å². The molecule has 2 atom stereocenters. The van der Waals surface area contributed by atoms with Gasteiger partial charge in [0.25, 0.3) is 0 Å². The molecule has 1 fully saturated rings. The Balaban J connectivity index is 1.43. The van der Waals surface area contributed by atoms with E-state index in [1.165, 1.54) is 17.7 Å². The number of halogens is 3. The molecule has 1 heterocycles. The average Bonchev–Trinajstić information content (AvgIpc) is 3.41. The van der Waals surface area contributed by atoms with Crippen molar-refractivity contribution in [2.75, 3.05) is 0 Å². The number of H-pyrrole nitrogens is 1. The largest absolute Gasteiger partial charge is 0.416 e. The summed E-state index contributed by atoms with van der Waals surface area (Å²) in [5.74, 6) is -0.956. The highest BCUT2D eigenvalue weighted by molar-refractivity contribution is 5.86. The van der Waals surface area contributed by atoms with E-state index < -0.39 is 17.7 Å². The summed E-state index contributed by atoms with van der Waals surface area (Å²) in [6.45, 7) is 4.43. The molecule has 0 saturated heterocycles. The first kappa shape index (κ1) is 18.6. The molecule has 0 spiro atoms. The molecule has 3 nitrogen and oxygen atoms in total. The topological polar surface area (TPSA) is 44.9 Å². The zero-order valence-electron chi connectivity index (χ0n) is 15.7. The van der Waals surface area contributed by atoms with Crippen molar-refractivity contribution in [3.8, 4) is 0 Å². The van der Waals surface area contributed by atoms with E-state index in [1.54, 1.807) is 6.07 Å². The van der Waals surface area contributed by atoms with E-state index in [2.05, 4.69) is 10.3 Å². The number of rotatable bonds is 4. The molecule has 1 aromatic heterocycles. The van der Waals surface area contributed by atoms with E-state index in [0.717, 1.165) is 28.2 Å². The first-order valence-corrected chi connectivity index (χ1v) is 9.27. The first-order chi connectivity index (χ1) is 13.3. The number of hydrogen-bond acceptors (Lipinski definition) is 1. The van der Waals surface area contributed by atoms with Gasteiger partial charge in [0.1, 0.15) is 0 Å². The third-order valence-corrected chi connectivity index (χ3v) is 5.63. The van der Waals surface area contributed by atoms with Gasteiger partial charge in [0.05, 0.1) is 5.56 Å². The molecule has 1 aliphatic carbocycles. The zero-order chi connectivity index (χ0) is 20.1. The molecule has 1 saturated carbocycles. The third kappa shape index (κ3) is 3.39. The Kier molecular flexibility index (Phi) is 4.44. The number of aromatic amines is 1. The molecule has 4 rings (SSSR count). The van der Waals surface area contributed by atoms with Gasteiger partial charge in [-0.2, -0.15) is 13.2 Å². The number of nitrogens with one attached hydrogen (secondary N) is 2. The van der Waals surface area contributed by atoms with Gasteiger partial charge in [-0.05, 0) is 61.1 Å². The van der Waals surface area contributed by atoms with Crippen LogP contribution >= 0.6 is 0 Å². The molecule has 28 heavy (non-hydrogen) atoms. The van der Waals surface area contributed by atoms with E-state index in [9.17, 15) is 18.0 Å². The van der Waals surface area contributed by atoms with Crippen molar-refractivity contribution in [2.45, 2.75) is 38.9 Å². The Labute approximate surface area is 161 Å². The number of alkyl halides is 3. The van der Waals surface area contributed by atoms with E-state index in [-0.39, 0.29) is 17.4 Å². The van der Waals surface area contributed by atoms with Crippen molar-refractivity contribution < 1.29 is 18.0 Å². The van der Waals surface area contributed by atoms with Gasteiger partial charge in [-0.15, -0.1) is 0 Å². The Hall–Kier alpha value is -2.76. The van der Waals surface area contributed by atoms with Crippen LogP contribution in [0, 0.1) is 19.8 Å². The highest BCUT2D eigenvalue weighted by Crippen LogP contribution is 2.51. The van der Waals surface area contributed by atoms with Gasteiger partial charge in [-0.1, -0.05) is 24.3 Å². The van der Waals surface area contributed by atoms with Crippen molar-refractivity contribution >= 4 is 16.8 Å². The Morgan fingerprint density at radius 3 is 2.68 bits per heavy atom. The van der Waals surface area contributed by atoms with Crippen LogP contribution in [-0.2, 0) is 17.5 Å². The summed E-state index contributed by atoms with van der Waals surface area (Å²) in [6, 6.07) is 11.5. The van der Waals surface area contributed by atoms with E-state index in [0.29, 0.717) is 13.0 Å². The van der Waals surface area contributed by atoms with Crippen LogP contribution in [-0.4, -0.2) is 10.9 Å². The fourth-order valence-electron chi connectivity index (χ4n) is 3.85. The summed E-state index contributed by atoms with van der Waals surface area (Å²) in [7, 11) is 0. The number of aryl methyl sites for hydroxylation is 2. The quantitative estimate of drug-likeness (QED) is 0.634. The summed E-state index contributed by atoms with van der Waals surface area (Å²) in [5.41, 5.74) is 3.88. The van der Waals surface area contributed by atoms with Gasteiger partial charge >= 0.3 is 6.18 Å². The standard InChI is InChI=1S/C22H21F3N2O/c1-12-13(2)27-20-8-7-14(9-16(12)20)11-26-21(28)18-10-17(18)15-5-3-4-6-19(15)22(23,24)25/h3-9,17-18,27H,10-11H2,1-2H3,(H,26,28)/t17-,18+/m0/s1. The van der Waals surface area contributed by atoms with Crippen LogP contribution in [0.5, 0.6) is 0 Å². The monoisotopic (exact) mass is 386 g/mol. The zero-order valence-corrected chi connectivity index (χ0v) is 15.7. The third-order valence-electron chi connectivity index (χ3n) is 5.63. The minimum Gasteiger partial charge on any atom is -0.358 e. The minimum absolute atomic E-state index is 0.191. The Morgan fingerprint density at radius 1 is 1.18 bits per heavy atom. The van der Waals surface area contributed by atoms with Crippen molar-refractivity contribution in [1.82, 2.24) is 10.3 Å². The number of amides is 1. The number of hydrogen-bond donors (Lipinski definition) is 2. The minimum atomic E-state index is -4.40. The lowest BCUT2D eigenvalue weighted by Crippen LogP contribution is -2.25. The second-order valence-corrected chi connectivity index (χ2v) is 7.51. The lowest BCUT2D eigenvalue weighted by molar-refractivity contribution is -0.138. The van der Waals surface area contributed by atoms with Gasteiger partial charge in [0, 0.05) is 29.1 Å². The van der Waals surface area contributed by atoms with E-state index >= 15 is 0 Å². The molecule has 0 radical (unpaired) electrons. The highest BCUT2D eigenvalue weighted by Gasteiger charge is 2.47. The summed E-state index contributed by atoms with van der Waals surface area (Å²) < 4.78 is 39.6. The molecular weight excluding hydrogens is 365 g/mol. The lowest BCUT2D eigenvalue weighted by Gasteiger charge is -2.12. The number of fused-ring (bicyclic) bond motifs is 1. The molecule has 6 heteroatoms. The van der Waals surface area contributed by atoms with Crippen LogP contribution in [0.2, 0.25) is 0 Å². The molecule has 2 aromatic carbocycles. The summed E-state index contributed by atoms with van der Waals surface area (Å²) >= 11 is 0. The highest BCUT2D eigenvalue weighted by atomic mass is 19.4. The van der Waals surface area contributed by atoms with E-state index in [4.69, 9.17) is 0 Å². The predicted molar refractivity (Wildman–Crippen MR) is 102 cm³/mol. The van der Waals surface area contributed by atoms with Crippen LogP contribution < -0.4 is 5.32 Å². The van der Waals surface area contributed by atoms with Crippen LogP contribution in [0.4, 0.5) is 13.2 Å². The van der Waals surface area contributed by atoms with Gasteiger partial charge in [0.15, 0.2) is 0 Å². The fraction of sp³-hybridized carbons (Fsp3) is 0.318. The Bertz CT molecular complexity index is 1050. The normalized spacial score (nSPS) is 19.0. The predicted octanol–water partition coefficient (Wildman–Crippen LogP) is 5.22. The second kappa shape index (κ2) is 6.69. The summed E-state index contributed by atoms with van der Waals surface area (Å²) in [5, 5.41) is 4.00. The molecule has 1 aliphatic rings. The molecule has 1 amide bonds. The van der Waals surface area contributed by atoms with Gasteiger partial charge in [0.2, 0.25) is 5.91 Å². The molecule has 0 bridgehead atoms. The number of carbonyl (C=O) groups is 1. The number of carbonyl (C=O) groups excluding carboxylic acids is 1. The van der Waals surface area contributed by atoms with Gasteiger partial charge in [-0.25, -0.2) is 0 Å². The molecule has 0 aliphatic heterocycles. The van der Waals surface area contributed by atoms with Gasteiger partial charge < -0.3 is 10.3 Å². The summed E-state index contributed by atoms with van der Waals surface area (Å²) in [4.78, 5) is 15.8. The molecule has 146 valence electrons. The number of aromatic nitrogens is 1. The molecular formula is C22H21F3N2O. The molecule has 2 N–H and O–H groups in total. The van der Waals surface area contributed by atoms with Crippen molar-refractivity contribution in [3.05, 3.63) is 70.4 Å². The molecule has 3 aromatic rings. The van der Waals surface area contributed by atoms with Crippen molar-refractivity contribution in [3.63, 3.8) is 0 Å². The molecule has 0 unspecified atom stereocenters.